The average molecular weight is 407 g/mol. The number of hydrogen-bond acceptors (Lipinski definition) is 8. The quantitative estimate of drug-likeness (QED) is 0.468. The standard InChI is InChI=1S/C18H22N4OS3/c1-11-12(2)26-18-16(11)17(25-10-14-9-24-13(3)19-14)20-15(21-18)8-22-4-6-23-7-5-22/h9H,4-8,10H2,1-3H3. The van der Waals surface area contributed by atoms with Gasteiger partial charge in [-0.2, -0.15) is 0 Å². The van der Waals surface area contributed by atoms with E-state index in [1.807, 2.05) is 0 Å². The normalized spacial score (nSPS) is 15.8. The predicted octanol–water partition coefficient (Wildman–Crippen LogP) is 4.20. The van der Waals surface area contributed by atoms with E-state index in [1.165, 1.54) is 15.8 Å². The Morgan fingerprint density at radius 2 is 1.96 bits per heavy atom. The molecule has 8 heteroatoms. The zero-order chi connectivity index (χ0) is 18.1. The third kappa shape index (κ3) is 3.94. The third-order valence-corrected chi connectivity index (χ3v) is 7.47. The van der Waals surface area contributed by atoms with Crippen LogP contribution >= 0.6 is 34.4 Å². The van der Waals surface area contributed by atoms with Crippen LogP contribution in [0.1, 0.15) is 27.0 Å². The van der Waals surface area contributed by atoms with Crippen molar-refractivity contribution in [1.29, 1.82) is 0 Å². The van der Waals surface area contributed by atoms with E-state index in [-0.39, 0.29) is 0 Å². The average Bonchev–Trinajstić information content (AvgIpc) is 3.17. The molecule has 4 heterocycles. The number of thiazole rings is 1. The van der Waals surface area contributed by atoms with E-state index < -0.39 is 0 Å². The lowest BCUT2D eigenvalue weighted by Crippen LogP contribution is -2.36. The van der Waals surface area contributed by atoms with Crippen LogP contribution in [0.5, 0.6) is 0 Å². The molecule has 1 aliphatic heterocycles. The molecule has 5 nitrogen and oxygen atoms in total. The van der Waals surface area contributed by atoms with E-state index >= 15 is 0 Å². The van der Waals surface area contributed by atoms with Crippen LogP contribution < -0.4 is 0 Å². The number of aromatic nitrogens is 3. The highest BCUT2D eigenvalue weighted by Gasteiger charge is 2.18. The number of hydrogen-bond donors (Lipinski definition) is 0. The number of morpholine rings is 1. The van der Waals surface area contributed by atoms with Gasteiger partial charge in [-0.3, -0.25) is 4.90 Å². The molecular formula is C18H22N4OS3. The first-order valence-electron chi connectivity index (χ1n) is 8.70. The number of ether oxygens (including phenoxy) is 1. The minimum Gasteiger partial charge on any atom is -0.379 e. The van der Waals surface area contributed by atoms with Crippen LogP contribution in [0.25, 0.3) is 10.2 Å². The zero-order valence-electron chi connectivity index (χ0n) is 15.2. The van der Waals surface area contributed by atoms with Gasteiger partial charge in [-0.25, -0.2) is 15.0 Å². The largest absolute Gasteiger partial charge is 0.379 e. The van der Waals surface area contributed by atoms with Crippen molar-refractivity contribution in [3.8, 4) is 0 Å². The molecule has 0 radical (unpaired) electrons. The first kappa shape index (κ1) is 18.3. The fraction of sp³-hybridized carbons (Fsp3) is 0.500. The van der Waals surface area contributed by atoms with Gasteiger partial charge in [0.2, 0.25) is 0 Å². The Labute approximate surface area is 165 Å². The maximum atomic E-state index is 5.45. The van der Waals surface area contributed by atoms with E-state index in [9.17, 15) is 0 Å². The van der Waals surface area contributed by atoms with E-state index in [0.29, 0.717) is 0 Å². The molecule has 0 aliphatic carbocycles. The summed E-state index contributed by atoms with van der Waals surface area (Å²) in [4.78, 5) is 19.2. The summed E-state index contributed by atoms with van der Waals surface area (Å²) in [5.41, 5.74) is 2.43. The Bertz CT molecular complexity index is 915. The van der Waals surface area contributed by atoms with Crippen LogP contribution in [0.3, 0.4) is 0 Å². The van der Waals surface area contributed by atoms with Crippen LogP contribution in [-0.2, 0) is 17.0 Å². The molecule has 3 aromatic rings. The maximum absolute atomic E-state index is 5.45. The topological polar surface area (TPSA) is 51.1 Å². The fourth-order valence-corrected chi connectivity index (χ4v) is 5.83. The molecule has 1 saturated heterocycles. The first-order chi connectivity index (χ1) is 12.6. The minimum absolute atomic E-state index is 0.790. The number of thioether (sulfide) groups is 1. The summed E-state index contributed by atoms with van der Waals surface area (Å²) in [6, 6.07) is 0. The van der Waals surface area contributed by atoms with Gasteiger partial charge in [-0.05, 0) is 26.3 Å². The van der Waals surface area contributed by atoms with Crippen molar-refractivity contribution in [3.05, 3.63) is 32.3 Å². The molecular weight excluding hydrogens is 384 g/mol. The van der Waals surface area contributed by atoms with E-state index in [0.717, 1.165) is 65.0 Å². The van der Waals surface area contributed by atoms with Gasteiger partial charge in [0, 0.05) is 34.5 Å². The highest BCUT2D eigenvalue weighted by atomic mass is 32.2. The van der Waals surface area contributed by atoms with E-state index in [1.54, 1.807) is 34.4 Å². The third-order valence-electron chi connectivity index (χ3n) is 4.53. The number of rotatable bonds is 5. The summed E-state index contributed by atoms with van der Waals surface area (Å²) in [6.07, 6.45) is 0. The van der Waals surface area contributed by atoms with Crippen LogP contribution in [0.4, 0.5) is 0 Å². The Balaban J connectivity index is 1.63. The Hall–Kier alpha value is -1.06. The van der Waals surface area contributed by atoms with Crippen LogP contribution in [0, 0.1) is 20.8 Å². The molecule has 0 atom stereocenters. The van der Waals surface area contributed by atoms with Crippen LogP contribution in [0.15, 0.2) is 10.4 Å². The number of aryl methyl sites for hydroxylation is 3. The lowest BCUT2D eigenvalue weighted by molar-refractivity contribution is 0.0330. The number of nitrogens with zero attached hydrogens (tertiary/aromatic N) is 4. The number of thiophene rings is 1. The summed E-state index contributed by atoms with van der Waals surface area (Å²) >= 11 is 5.25. The van der Waals surface area contributed by atoms with Gasteiger partial charge in [0.1, 0.15) is 15.7 Å². The summed E-state index contributed by atoms with van der Waals surface area (Å²) in [5.74, 6) is 1.76. The summed E-state index contributed by atoms with van der Waals surface area (Å²) < 4.78 is 5.45. The van der Waals surface area contributed by atoms with Crippen molar-refractivity contribution >= 4 is 44.7 Å². The van der Waals surface area contributed by atoms with Crippen LogP contribution in [-0.4, -0.2) is 46.2 Å². The zero-order valence-corrected chi connectivity index (χ0v) is 17.7. The summed E-state index contributed by atoms with van der Waals surface area (Å²) in [6.45, 7) is 10.7. The van der Waals surface area contributed by atoms with Gasteiger partial charge in [-0.1, -0.05) is 11.8 Å². The molecule has 0 unspecified atom stereocenters. The molecule has 0 aromatic carbocycles. The molecule has 3 aromatic heterocycles. The highest BCUT2D eigenvalue weighted by molar-refractivity contribution is 7.98. The minimum atomic E-state index is 0.790. The fourth-order valence-electron chi connectivity index (χ4n) is 3.01. The van der Waals surface area contributed by atoms with Crippen molar-refractivity contribution in [2.75, 3.05) is 26.3 Å². The molecule has 138 valence electrons. The molecule has 1 aliphatic rings. The summed E-state index contributed by atoms with van der Waals surface area (Å²) in [7, 11) is 0. The molecule has 0 saturated carbocycles. The molecule has 26 heavy (non-hydrogen) atoms. The molecule has 0 bridgehead atoms. The Kier molecular flexibility index (Phi) is 5.56. The number of fused-ring (bicyclic) bond motifs is 1. The predicted molar refractivity (Wildman–Crippen MR) is 109 cm³/mol. The van der Waals surface area contributed by atoms with Gasteiger partial charge in [0.25, 0.3) is 0 Å². The lowest BCUT2D eigenvalue weighted by Gasteiger charge is -2.25. The van der Waals surface area contributed by atoms with Gasteiger partial charge in [0.05, 0.1) is 30.5 Å². The molecule has 0 amide bonds. The van der Waals surface area contributed by atoms with Gasteiger partial charge in [0.15, 0.2) is 0 Å². The Morgan fingerprint density at radius 3 is 2.69 bits per heavy atom. The monoisotopic (exact) mass is 406 g/mol. The van der Waals surface area contributed by atoms with Crippen molar-refractivity contribution in [2.45, 2.75) is 38.1 Å². The molecule has 1 fully saturated rings. The maximum Gasteiger partial charge on any atom is 0.145 e. The van der Waals surface area contributed by atoms with Crippen molar-refractivity contribution < 1.29 is 4.74 Å². The second-order valence-corrected chi connectivity index (χ2v) is 9.67. The van der Waals surface area contributed by atoms with Crippen molar-refractivity contribution in [1.82, 2.24) is 19.9 Å². The second kappa shape index (κ2) is 7.90. The molecule has 4 rings (SSSR count). The van der Waals surface area contributed by atoms with Gasteiger partial charge in [-0.15, -0.1) is 22.7 Å². The summed E-state index contributed by atoms with van der Waals surface area (Å²) in [5, 5.41) is 5.56. The van der Waals surface area contributed by atoms with Gasteiger partial charge < -0.3 is 4.74 Å². The lowest BCUT2D eigenvalue weighted by atomic mass is 10.2. The highest BCUT2D eigenvalue weighted by Crippen LogP contribution is 2.36. The molecule has 0 spiro atoms. The van der Waals surface area contributed by atoms with E-state index in [4.69, 9.17) is 14.7 Å². The van der Waals surface area contributed by atoms with Gasteiger partial charge >= 0.3 is 0 Å². The smallest absolute Gasteiger partial charge is 0.145 e. The van der Waals surface area contributed by atoms with E-state index in [2.05, 4.69) is 36.0 Å². The van der Waals surface area contributed by atoms with Crippen molar-refractivity contribution in [3.63, 3.8) is 0 Å². The molecule has 0 N–H and O–H groups in total. The Morgan fingerprint density at radius 1 is 1.15 bits per heavy atom. The van der Waals surface area contributed by atoms with Crippen molar-refractivity contribution in [2.24, 2.45) is 0 Å². The van der Waals surface area contributed by atoms with Crippen LogP contribution in [0.2, 0.25) is 0 Å². The second-order valence-electron chi connectivity index (χ2n) is 6.44. The first-order valence-corrected chi connectivity index (χ1v) is 11.4. The SMILES string of the molecule is Cc1nc(CSc2nc(CN3CCOCC3)nc3sc(C)c(C)c23)cs1.